The fourth-order valence-electron chi connectivity index (χ4n) is 2.71. The Morgan fingerprint density at radius 3 is 1.58 bits per heavy atom. The molecular weight excluding hydrogens is 325 g/mol. The molecule has 0 aromatic carbocycles. The van der Waals surface area contributed by atoms with Crippen LogP contribution in [0.1, 0.15) is 96.8 Å². The molecule has 6 heteroatoms. The van der Waals surface area contributed by atoms with Crippen LogP contribution in [0, 0.1) is 0 Å². The second kappa shape index (κ2) is 16.5. The Balaban J connectivity index is 3.22. The molecule has 0 spiro atoms. The van der Waals surface area contributed by atoms with E-state index in [0.29, 0.717) is 0 Å². The highest BCUT2D eigenvalue weighted by atomic mass is 31.2. The summed E-state index contributed by atoms with van der Waals surface area (Å²) in [5.41, 5.74) is 5.15. The van der Waals surface area contributed by atoms with Crippen molar-refractivity contribution >= 4 is 7.60 Å². The van der Waals surface area contributed by atoms with E-state index in [9.17, 15) is 14.6 Å². The van der Waals surface area contributed by atoms with E-state index in [1.807, 2.05) is 0 Å². The molecule has 2 atom stereocenters. The standard InChI is InChI=1S/C18H40NO4P/c1-2-3-4-5-6-7-8-9-10-11-12-13-14-15-16-23-24(21,22)18(20)17-19/h18,20H,2-17,19H2,1H3,(H,21,22). The number of aliphatic hydroxyl groups is 1. The Kier molecular flexibility index (Phi) is 16.6. The van der Waals surface area contributed by atoms with Crippen molar-refractivity contribution in [3.05, 3.63) is 0 Å². The minimum atomic E-state index is -3.94. The molecule has 0 saturated carbocycles. The molecule has 0 aliphatic carbocycles. The Morgan fingerprint density at radius 1 is 0.833 bits per heavy atom. The van der Waals surface area contributed by atoms with Crippen molar-refractivity contribution in [3.8, 4) is 0 Å². The number of aliphatic hydroxyl groups excluding tert-OH is 1. The Morgan fingerprint density at radius 2 is 1.21 bits per heavy atom. The summed E-state index contributed by atoms with van der Waals surface area (Å²) in [7, 11) is -3.94. The maximum atomic E-state index is 11.5. The fourth-order valence-corrected chi connectivity index (χ4v) is 3.54. The van der Waals surface area contributed by atoms with E-state index in [-0.39, 0.29) is 13.2 Å². The van der Waals surface area contributed by atoms with Gasteiger partial charge in [-0.3, -0.25) is 4.57 Å². The highest BCUT2D eigenvalue weighted by Crippen LogP contribution is 2.45. The van der Waals surface area contributed by atoms with E-state index in [2.05, 4.69) is 6.92 Å². The quantitative estimate of drug-likeness (QED) is 0.236. The molecule has 0 rings (SSSR count). The topological polar surface area (TPSA) is 92.8 Å². The van der Waals surface area contributed by atoms with E-state index in [4.69, 9.17) is 10.3 Å². The van der Waals surface area contributed by atoms with Gasteiger partial charge in [-0.15, -0.1) is 0 Å². The normalized spacial score (nSPS) is 15.3. The van der Waals surface area contributed by atoms with Gasteiger partial charge in [0, 0.05) is 6.54 Å². The van der Waals surface area contributed by atoms with Crippen LogP contribution in [0.15, 0.2) is 0 Å². The molecule has 0 aromatic rings. The lowest BCUT2D eigenvalue weighted by molar-refractivity contribution is 0.173. The van der Waals surface area contributed by atoms with E-state index in [1.165, 1.54) is 70.6 Å². The smallest absolute Gasteiger partial charge is 0.357 e. The van der Waals surface area contributed by atoms with E-state index < -0.39 is 13.4 Å². The summed E-state index contributed by atoms with van der Waals surface area (Å²) >= 11 is 0. The van der Waals surface area contributed by atoms with Crippen molar-refractivity contribution in [3.63, 3.8) is 0 Å². The zero-order valence-electron chi connectivity index (χ0n) is 15.6. The van der Waals surface area contributed by atoms with E-state index >= 15 is 0 Å². The largest absolute Gasteiger partial charge is 0.379 e. The van der Waals surface area contributed by atoms with E-state index in [0.717, 1.165) is 19.3 Å². The summed E-state index contributed by atoms with van der Waals surface area (Å²) in [6.45, 7) is 2.21. The van der Waals surface area contributed by atoms with Crippen molar-refractivity contribution in [2.45, 2.75) is 103 Å². The predicted molar refractivity (Wildman–Crippen MR) is 101 cm³/mol. The Hall–Kier alpha value is 0.0700. The molecule has 0 aromatic heterocycles. The monoisotopic (exact) mass is 365 g/mol. The molecule has 5 nitrogen and oxygen atoms in total. The van der Waals surface area contributed by atoms with E-state index in [1.54, 1.807) is 0 Å². The molecule has 0 saturated heterocycles. The molecule has 2 unspecified atom stereocenters. The minimum absolute atomic E-state index is 0.211. The number of rotatable bonds is 18. The number of unbranched alkanes of at least 4 members (excludes halogenated alkanes) is 13. The van der Waals surface area contributed by atoms with Gasteiger partial charge in [0.05, 0.1) is 6.61 Å². The molecule has 24 heavy (non-hydrogen) atoms. The Bertz CT molecular complexity index is 315. The predicted octanol–water partition coefficient (Wildman–Crippen LogP) is 4.95. The SMILES string of the molecule is CCCCCCCCCCCCCCCCOP(=O)(O)C(O)CN. The highest BCUT2D eigenvalue weighted by Gasteiger charge is 2.28. The van der Waals surface area contributed by atoms with Gasteiger partial charge in [0.15, 0.2) is 5.85 Å². The van der Waals surface area contributed by atoms with Crippen LogP contribution in [0.3, 0.4) is 0 Å². The van der Waals surface area contributed by atoms with Gasteiger partial charge in [-0.2, -0.15) is 0 Å². The first-order valence-electron chi connectivity index (χ1n) is 9.89. The number of hydrogen-bond acceptors (Lipinski definition) is 4. The Labute approximate surface area is 148 Å². The van der Waals surface area contributed by atoms with Gasteiger partial charge in [0.2, 0.25) is 0 Å². The molecule has 0 heterocycles. The van der Waals surface area contributed by atoms with Crippen molar-refractivity contribution in [1.82, 2.24) is 0 Å². The first-order chi connectivity index (χ1) is 11.5. The average molecular weight is 365 g/mol. The maximum Gasteiger partial charge on any atom is 0.357 e. The van der Waals surface area contributed by atoms with Crippen LogP contribution in [-0.2, 0) is 9.09 Å². The van der Waals surface area contributed by atoms with Crippen molar-refractivity contribution in [2.24, 2.45) is 5.73 Å². The molecule has 0 aliphatic heterocycles. The van der Waals surface area contributed by atoms with Crippen molar-refractivity contribution in [1.29, 1.82) is 0 Å². The van der Waals surface area contributed by atoms with Gasteiger partial charge >= 0.3 is 7.60 Å². The van der Waals surface area contributed by atoms with Crippen LogP contribution in [0.5, 0.6) is 0 Å². The van der Waals surface area contributed by atoms with Gasteiger partial charge in [-0.1, -0.05) is 90.4 Å². The van der Waals surface area contributed by atoms with Gasteiger partial charge in [-0.05, 0) is 6.42 Å². The summed E-state index contributed by atoms with van der Waals surface area (Å²) in [6.07, 6.45) is 17.7. The molecule has 0 radical (unpaired) electrons. The van der Waals surface area contributed by atoms with Gasteiger partial charge in [0.25, 0.3) is 0 Å². The summed E-state index contributed by atoms with van der Waals surface area (Å²) in [6, 6.07) is 0. The van der Waals surface area contributed by atoms with Gasteiger partial charge in [-0.25, -0.2) is 0 Å². The van der Waals surface area contributed by atoms with Crippen LogP contribution in [0.2, 0.25) is 0 Å². The second-order valence-corrected chi connectivity index (χ2v) is 8.69. The molecule has 0 fully saturated rings. The summed E-state index contributed by atoms with van der Waals surface area (Å²) in [5, 5.41) is 9.24. The van der Waals surface area contributed by atoms with Crippen molar-refractivity contribution < 1.29 is 19.1 Å². The first kappa shape index (κ1) is 24.1. The number of nitrogens with two attached hydrogens (primary N) is 1. The van der Waals surface area contributed by atoms with Crippen LogP contribution in [-0.4, -0.2) is 29.0 Å². The van der Waals surface area contributed by atoms with Crippen LogP contribution in [0.4, 0.5) is 0 Å². The summed E-state index contributed by atoms with van der Waals surface area (Å²) < 4.78 is 16.4. The summed E-state index contributed by atoms with van der Waals surface area (Å²) in [4.78, 5) is 9.39. The zero-order chi connectivity index (χ0) is 18.1. The third kappa shape index (κ3) is 14.4. The van der Waals surface area contributed by atoms with Crippen LogP contribution >= 0.6 is 7.60 Å². The average Bonchev–Trinajstić information content (AvgIpc) is 2.57. The lowest BCUT2D eigenvalue weighted by atomic mass is 10.0. The lowest BCUT2D eigenvalue weighted by Gasteiger charge is -2.16. The fraction of sp³-hybridized carbons (Fsp3) is 1.00. The third-order valence-electron chi connectivity index (χ3n) is 4.36. The molecule has 0 amide bonds. The van der Waals surface area contributed by atoms with Crippen LogP contribution in [0.25, 0.3) is 0 Å². The number of hydrogen-bond donors (Lipinski definition) is 3. The molecule has 0 aliphatic rings. The molecule has 4 N–H and O–H groups in total. The second-order valence-electron chi connectivity index (χ2n) is 6.71. The molecule has 146 valence electrons. The first-order valence-corrected chi connectivity index (χ1v) is 11.5. The highest BCUT2D eigenvalue weighted by molar-refractivity contribution is 7.53. The summed E-state index contributed by atoms with van der Waals surface area (Å²) in [5.74, 6) is -1.47. The maximum absolute atomic E-state index is 11.5. The van der Waals surface area contributed by atoms with Gasteiger partial charge in [0.1, 0.15) is 0 Å². The minimum Gasteiger partial charge on any atom is -0.379 e. The van der Waals surface area contributed by atoms with Gasteiger partial charge < -0.3 is 20.3 Å². The lowest BCUT2D eigenvalue weighted by Crippen LogP contribution is -2.21. The van der Waals surface area contributed by atoms with Crippen molar-refractivity contribution in [2.75, 3.05) is 13.2 Å². The molecule has 0 bridgehead atoms. The zero-order valence-corrected chi connectivity index (χ0v) is 16.5. The van der Waals surface area contributed by atoms with Crippen LogP contribution < -0.4 is 5.73 Å². The third-order valence-corrected chi connectivity index (χ3v) is 5.88. The molecular formula is C18H40NO4P.